The number of alkyl halides is 2. The number of benzene rings is 1. The molecule has 1 aliphatic carbocycles. The fraction of sp³-hybridized carbons (Fsp3) is 0.276. The lowest BCUT2D eigenvalue weighted by Crippen LogP contribution is -2.18. The minimum absolute atomic E-state index is 0.220. The number of hydrogen-bond donors (Lipinski definition) is 4. The molecule has 11 heteroatoms. The number of carboxylic acid groups (broad SMARTS) is 1. The number of allylic oxidation sites excluding steroid dienone is 6. The molecule has 212 valence electrons. The predicted molar refractivity (Wildman–Crippen MR) is 149 cm³/mol. The number of halogens is 2. The standard InChI is InChI=1S/C25H29N5O2.C4H4F2O2/c1-5-9-17(2)21(28-16-31)13-12-18(3)25(32)24(19(4)26)30-23-15-27-14-22(29-23)20-10-7-6-8-11-20;5-4(6)1-2(4)3(7)8/h6-16H,5,26H2,1-4H3,(H,28,31)(H,29,30);2H,1H2,(H,7,8)/b17-9+,18-12+,21-13+,24-19+;. The number of nitrogens with one attached hydrogen (secondary N) is 2. The number of nitrogens with zero attached hydrogens (tertiary/aromatic N) is 2. The summed E-state index contributed by atoms with van der Waals surface area (Å²) in [6.45, 7) is 7.24. The van der Waals surface area contributed by atoms with Gasteiger partial charge in [-0.25, -0.2) is 13.8 Å². The van der Waals surface area contributed by atoms with Crippen molar-refractivity contribution >= 4 is 24.0 Å². The Bertz CT molecular complexity index is 1350. The fourth-order valence-corrected chi connectivity index (χ4v) is 3.37. The first-order valence-corrected chi connectivity index (χ1v) is 12.4. The molecule has 0 radical (unpaired) electrons. The molecule has 1 fully saturated rings. The summed E-state index contributed by atoms with van der Waals surface area (Å²) in [7, 11) is 0. The number of anilines is 1. The molecule has 1 aromatic carbocycles. The molecule has 0 aliphatic heterocycles. The third-order valence-corrected chi connectivity index (χ3v) is 5.71. The monoisotopic (exact) mass is 553 g/mol. The summed E-state index contributed by atoms with van der Waals surface area (Å²) in [5.74, 6) is -5.58. The Morgan fingerprint density at radius 1 is 1.12 bits per heavy atom. The molecular weight excluding hydrogens is 520 g/mol. The highest BCUT2D eigenvalue weighted by atomic mass is 19.3. The number of amides is 1. The zero-order valence-corrected chi connectivity index (χ0v) is 22.7. The first-order chi connectivity index (χ1) is 18.9. The first kappa shape index (κ1) is 31.5. The van der Waals surface area contributed by atoms with Crippen LogP contribution in [0.1, 0.15) is 40.5 Å². The van der Waals surface area contributed by atoms with E-state index in [4.69, 9.17) is 10.8 Å². The van der Waals surface area contributed by atoms with E-state index >= 15 is 0 Å². The fourth-order valence-electron chi connectivity index (χ4n) is 3.37. The van der Waals surface area contributed by atoms with E-state index in [-0.39, 0.29) is 11.5 Å². The molecular formula is C29H33F2N5O4. The van der Waals surface area contributed by atoms with E-state index < -0.39 is 24.2 Å². The molecule has 5 N–H and O–H groups in total. The molecule has 1 aliphatic rings. The average Bonchev–Trinajstić information content (AvgIpc) is 3.58. The summed E-state index contributed by atoms with van der Waals surface area (Å²) in [6, 6.07) is 9.63. The first-order valence-electron chi connectivity index (χ1n) is 12.4. The maximum absolute atomic E-state index is 13.1. The molecule has 40 heavy (non-hydrogen) atoms. The Morgan fingerprint density at radius 3 is 2.27 bits per heavy atom. The normalized spacial score (nSPS) is 17.1. The van der Waals surface area contributed by atoms with E-state index in [1.807, 2.05) is 50.3 Å². The number of rotatable bonds is 11. The highest BCUT2D eigenvalue weighted by molar-refractivity contribution is 6.10. The highest BCUT2D eigenvalue weighted by Gasteiger charge is 2.61. The van der Waals surface area contributed by atoms with Crippen molar-refractivity contribution < 1.29 is 28.3 Å². The zero-order chi connectivity index (χ0) is 29.9. The van der Waals surface area contributed by atoms with Crippen LogP contribution in [0.25, 0.3) is 11.3 Å². The van der Waals surface area contributed by atoms with Gasteiger partial charge in [-0.15, -0.1) is 0 Å². The van der Waals surface area contributed by atoms with Crippen molar-refractivity contribution in [3.63, 3.8) is 0 Å². The summed E-state index contributed by atoms with van der Waals surface area (Å²) in [4.78, 5) is 42.4. The number of carbonyl (C=O) groups excluding carboxylic acids is 2. The summed E-state index contributed by atoms with van der Waals surface area (Å²) < 4.78 is 23.3. The molecule has 0 spiro atoms. The Balaban J connectivity index is 0.000000598. The second kappa shape index (κ2) is 14.5. The van der Waals surface area contributed by atoms with Crippen molar-refractivity contribution in [3.05, 3.63) is 89.2 Å². The molecule has 9 nitrogen and oxygen atoms in total. The molecule has 2 aromatic rings. The van der Waals surface area contributed by atoms with Gasteiger partial charge < -0.3 is 21.5 Å². The van der Waals surface area contributed by atoms with Gasteiger partial charge in [-0.1, -0.05) is 49.4 Å². The topological polar surface area (TPSA) is 147 Å². The maximum atomic E-state index is 13.1. The van der Waals surface area contributed by atoms with Crippen LogP contribution in [0.15, 0.2) is 89.2 Å². The van der Waals surface area contributed by atoms with E-state index in [0.717, 1.165) is 17.6 Å². The maximum Gasteiger partial charge on any atom is 0.312 e. The average molecular weight is 554 g/mol. The Labute approximate surface area is 231 Å². The van der Waals surface area contributed by atoms with Gasteiger partial charge in [0, 0.05) is 23.4 Å². The van der Waals surface area contributed by atoms with Gasteiger partial charge in [0.05, 0.1) is 18.1 Å². The van der Waals surface area contributed by atoms with Crippen molar-refractivity contribution in [1.29, 1.82) is 0 Å². The van der Waals surface area contributed by atoms with E-state index in [2.05, 4.69) is 20.6 Å². The Morgan fingerprint density at radius 2 is 1.77 bits per heavy atom. The van der Waals surface area contributed by atoms with E-state index in [9.17, 15) is 23.2 Å². The van der Waals surface area contributed by atoms with E-state index in [1.165, 1.54) is 6.20 Å². The lowest BCUT2D eigenvalue weighted by Gasteiger charge is -2.12. The third kappa shape index (κ3) is 9.26. The largest absolute Gasteiger partial charge is 0.481 e. The minimum Gasteiger partial charge on any atom is -0.481 e. The van der Waals surface area contributed by atoms with Crippen molar-refractivity contribution in [2.75, 3.05) is 5.32 Å². The van der Waals surface area contributed by atoms with Crippen LogP contribution in [0.2, 0.25) is 0 Å². The van der Waals surface area contributed by atoms with Gasteiger partial charge in [0.2, 0.25) is 12.2 Å². The third-order valence-electron chi connectivity index (χ3n) is 5.71. The van der Waals surface area contributed by atoms with Crippen molar-refractivity contribution in [2.45, 2.75) is 46.5 Å². The van der Waals surface area contributed by atoms with Gasteiger partial charge in [-0.2, -0.15) is 0 Å². The van der Waals surface area contributed by atoms with Crippen LogP contribution in [-0.4, -0.2) is 39.2 Å². The summed E-state index contributed by atoms with van der Waals surface area (Å²) in [5, 5.41) is 13.6. The van der Waals surface area contributed by atoms with E-state index in [1.54, 1.807) is 32.2 Å². The molecule has 1 unspecified atom stereocenters. The lowest BCUT2D eigenvalue weighted by molar-refractivity contribution is -0.140. The van der Waals surface area contributed by atoms with E-state index in [0.29, 0.717) is 34.9 Å². The zero-order valence-electron chi connectivity index (χ0n) is 22.7. The number of Topliss-reactive ketones (excluding diaryl/α,β-unsaturated/α-hetero) is 1. The number of ketones is 1. The summed E-state index contributed by atoms with van der Waals surface area (Å²) in [5.41, 5.74) is 10.1. The minimum atomic E-state index is -2.91. The van der Waals surface area contributed by atoms with Crippen LogP contribution >= 0.6 is 0 Å². The lowest BCUT2D eigenvalue weighted by atomic mass is 10.1. The molecule has 0 saturated heterocycles. The summed E-state index contributed by atoms with van der Waals surface area (Å²) in [6.07, 6.45) is 9.49. The number of nitrogens with two attached hydrogens (primary N) is 1. The van der Waals surface area contributed by atoms with Gasteiger partial charge in [0.25, 0.3) is 5.92 Å². The molecule has 3 rings (SSSR count). The quantitative estimate of drug-likeness (QED) is 0.173. The second-order valence-electron chi connectivity index (χ2n) is 9.01. The molecule has 1 aromatic heterocycles. The Kier molecular flexibility index (Phi) is 11.4. The molecule has 1 heterocycles. The van der Waals surface area contributed by atoms with Crippen LogP contribution in [0.4, 0.5) is 14.6 Å². The van der Waals surface area contributed by atoms with Crippen LogP contribution < -0.4 is 16.4 Å². The number of carbonyl (C=O) groups is 3. The van der Waals surface area contributed by atoms with Crippen LogP contribution in [0.3, 0.4) is 0 Å². The van der Waals surface area contributed by atoms with Gasteiger partial charge in [0.15, 0.2) is 0 Å². The Hall–Kier alpha value is -4.67. The highest BCUT2D eigenvalue weighted by Crippen LogP contribution is 2.48. The van der Waals surface area contributed by atoms with Gasteiger partial charge >= 0.3 is 5.97 Å². The molecule has 1 saturated carbocycles. The summed E-state index contributed by atoms with van der Waals surface area (Å²) >= 11 is 0. The van der Waals surface area contributed by atoms with Gasteiger partial charge in [0.1, 0.15) is 17.4 Å². The predicted octanol–water partition coefficient (Wildman–Crippen LogP) is 4.97. The van der Waals surface area contributed by atoms with Crippen molar-refractivity contribution in [3.8, 4) is 11.3 Å². The second-order valence-corrected chi connectivity index (χ2v) is 9.01. The number of carboxylic acids is 1. The number of aliphatic carboxylic acids is 1. The van der Waals surface area contributed by atoms with Gasteiger partial charge in [-0.05, 0) is 44.4 Å². The van der Waals surface area contributed by atoms with Crippen LogP contribution in [0, 0.1) is 5.92 Å². The smallest absolute Gasteiger partial charge is 0.312 e. The molecule has 1 amide bonds. The molecule has 0 bridgehead atoms. The van der Waals surface area contributed by atoms with Gasteiger partial charge in [-0.3, -0.25) is 19.4 Å². The SMILES string of the molecule is CC/C=C(C)/C(=C\C=C(/C)C(=O)/C(Nc1cncc(-c2ccccc2)n1)=C(/C)N)NC=O.O=C(O)C1CC1(F)F. The van der Waals surface area contributed by atoms with Crippen LogP contribution in [0.5, 0.6) is 0 Å². The molecule has 1 atom stereocenters. The van der Waals surface area contributed by atoms with Crippen LogP contribution in [-0.2, 0) is 14.4 Å². The number of aromatic nitrogens is 2. The van der Waals surface area contributed by atoms with Crippen molar-refractivity contribution in [1.82, 2.24) is 15.3 Å². The number of hydrogen-bond acceptors (Lipinski definition) is 7. The van der Waals surface area contributed by atoms with Crippen molar-refractivity contribution in [2.24, 2.45) is 11.7 Å².